The van der Waals surface area contributed by atoms with Gasteiger partial charge in [0.15, 0.2) is 0 Å². The van der Waals surface area contributed by atoms with Crippen molar-refractivity contribution in [2.45, 2.75) is 72.6 Å². The number of hydrogen-bond donors (Lipinski definition) is 0. The van der Waals surface area contributed by atoms with Gasteiger partial charge in [0.2, 0.25) is 0 Å². The van der Waals surface area contributed by atoms with Crippen molar-refractivity contribution in [1.29, 1.82) is 0 Å². The molecule has 0 aliphatic heterocycles. The molecule has 0 unspecified atom stereocenters. The van der Waals surface area contributed by atoms with Gasteiger partial charge in [0.1, 0.15) is 0 Å². The Kier molecular flexibility index (Phi) is 13.6. The monoisotopic (exact) mass is 798 g/mol. The number of halogens is 2. The Labute approximate surface area is 338 Å². The van der Waals surface area contributed by atoms with Gasteiger partial charge in [-0.3, -0.25) is 6.08 Å². The van der Waals surface area contributed by atoms with E-state index >= 15 is 0 Å². The topological polar surface area (TPSA) is 0 Å². The van der Waals surface area contributed by atoms with Crippen LogP contribution in [0.15, 0.2) is 133 Å². The van der Waals surface area contributed by atoms with Gasteiger partial charge in [-0.05, 0) is 24.7 Å². The third kappa shape index (κ3) is 9.35. The molecule has 7 aromatic carbocycles. The summed E-state index contributed by atoms with van der Waals surface area (Å²) in [4.78, 5) is 0. The fourth-order valence-electron chi connectivity index (χ4n) is 7.15. The molecule has 0 aromatic heterocycles. The van der Waals surface area contributed by atoms with Crippen LogP contribution in [0.2, 0.25) is 0 Å². The number of fused-ring (bicyclic) bond motifs is 5. The van der Waals surface area contributed by atoms with Crippen molar-refractivity contribution in [3.63, 3.8) is 0 Å². The van der Waals surface area contributed by atoms with Crippen molar-refractivity contribution in [3.8, 4) is 0 Å². The molecule has 0 amide bonds. The van der Waals surface area contributed by atoms with Crippen LogP contribution >= 0.6 is 24.8 Å². The van der Waals surface area contributed by atoms with Crippen molar-refractivity contribution in [3.05, 3.63) is 173 Å². The van der Waals surface area contributed by atoms with Gasteiger partial charge in [-0.15, -0.1) is 71.0 Å². The summed E-state index contributed by atoms with van der Waals surface area (Å²) in [6.07, 6.45) is 10.0. The van der Waals surface area contributed by atoms with E-state index < -0.39 is 0 Å². The number of allylic oxidation sites excluding steroid dienone is 4. The van der Waals surface area contributed by atoms with Gasteiger partial charge in [0, 0.05) is 0 Å². The summed E-state index contributed by atoms with van der Waals surface area (Å²) in [6.45, 7) is 18.3. The summed E-state index contributed by atoms with van der Waals surface area (Å²) < 4.78 is 1.41. The average molecular weight is 801 g/mol. The summed E-state index contributed by atoms with van der Waals surface area (Å²) in [5.41, 5.74) is 8.71. The van der Waals surface area contributed by atoms with E-state index in [9.17, 15) is 0 Å². The van der Waals surface area contributed by atoms with Gasteiger partial charge in [-0.25, -0.2) is 12.2 Å². The molecule has 0 radical (unpaired) electrons. The first-order valence-corrected chi connectivity index (χ1v) is 19.0. The maximum atomic E-state index is 2.99. The standard InChI is InChI=1S/C23H29.C21H14.C5H5.2ClH.Zr/c1-14-9-16-11-17-10-15(2)21(23(6,7)8)13-19(17)18(16)12-20(14)22(3,4)5;1-3-7-20-14-16(9-11-18(20)5-1)13-17-10-12-19-6-2-4-8-21(19)15-17;1-2-4-5-3-1;;;/h9-13H,1-8H3;1-12,14-15H;1-3H,4H2;2*1H;/q-1;;-1;;;+2. The summed E-state index contributed by atoms with van der Waals surface area (Å²) >= 11 is 1.44. The van der Waals surface area contributed by atoms with Gasteiger partial charge < -0.3 is 0 Å². The van der Waals surface area contributed by atoms with E-state index in [4.69, 9.17) is 0 Å². The Morgan fingerprint density at radius 3 is 1.35 bits per heavy atom. The van der Waals surface area contributed by atoms with Crippen LogP contribution in [0, 0.1) is 19.9 Å². The van der Waals surface area contributed by atoms with E-state index in [1.165, 1.54) is 104 Å². The van der Waals surface area contributed by atoms with E-state index in [0.29, 0.717) is 0 Å². The number of rotatable bonds is 2. The maximum absolute atomic E-state index is 2.99. The van der Waals surface area contributed by atoms with Gasteiger partial charge >= 0.3 is 145 Å². The van der Waals surface area contributed by atoms with E-state index in [1.807, 2.05) is 12.2 Å². The SMILES string of the molecule is Cc1cc2[cH-]c3cc(C)c(C(C)(C)C)cc3c2cc1C(C)(C)C.Cl.Cl.[C-]1=CC=CC1.[Zr+2]=[C](c1ccc2ccccc2c1)c1ccc2ccccc2c1. The first kappa shape index (κ1) is 41.3. The minimum absolute atomic E-state index is 0. The normalized spacial score (nSPS) is 12.2. The van der Waals surface area contributed by atoms with Crippen LogP contribution in [-0.2, 0) is 35.1 Å². The Bertz CT molecular complexity index is 2240. The second kappa shape index (κ2) is 17.1. The van der Waals surface area contributed by atoms with Gasteiger partial charge in [-0.2, -0.15) is 6.08 Å². The predicted molar refractivity (Wildman–Crippen MR) is 231 cm³/mol. The summed E-state index contributed by atoms with van der Waals surface area (Å²) in [5.74, 6) is 0. The molecule has 0 bridgehead atoms. The Balaban J connectivity index is 0.000000198. The van der Waals surface area contributed by atoms with Crippen molar-refractivity contribution in [2.75, 3.05) is 0 Å². The van der Waals surface area contributed by atoms with Crippen molar-refractivity contribution in [2.24, 2.45) is 0 Å². The third-order valence-electron chi connectivity index (χ3n) is 9.67. The molecular weight excluding hydrogens is 751 g/mol. The van der Waals surface area contributed by atoms with Gasteiger partial charge in [0.25, 0.3) is 0 Å². The van der Waals surface area contributed by atoms with Crippen molar-refractivity contribution < 1.29 is 24.2 Å². The molecule has 0 fully saturated rings. The Hall–Kier alpha value is -3.48. The quantitative estimate of drug-likeness (QED) is 0.153. The first-order valence-electron chi connectivity index (χ1n) is 17.7. The van der Waals surface area contributed by atoms with E-state index in [2.05, 4.69) is 183 Å². The fourth-order valence-corrected chi connectivity index (χ4v) is 7.91. The molecule has 0 saturated carbocycles. The summed E-state index contributed by atoms with van der Waals surface area (Å²) in [7, 11) is 0. The molecule has 0 spiro atoms. The molecule has 0 heterocycles. The summed E-state index contributed by atoms with van der Waals surface area (Å²) in [6, 6.07) is 42.5. The Morgan fingerprint density at radius 2 is 1.00 bits per heavy atom. The summed E-state index contributed by atoms with van der Waals surface area (Å²) in [5, 5.41) is 10.8. The minimum atomic E-state index is 0. The third-order valence-corrected chi connectivity index (χ3v) is 11.1. The molecular formula is C49H50Cl2Zr. The molecule has 0 atom stereocenters. The molecule has 3 heteroatoms. The van der Waals surface area contributed by atoms with Crippen LogP contribution < -0.4 is 0 Å². The number of aryl methyl sites for hydroxylation is 2. The molecule has 0 N–H and O–H groups in total. The van der Waals surface area contributed by atoms with Crippen molar-refractivity contribution >= 4 is 71.1 Å². The van der Waals surface area contributed by atoms with Crippen LogP contribution in [0.3, 0.4) is 0 Å². The van der Waals surface area contributed by atoms with E-state index in [1.54, 1.807) is 0 Å². The Morgan fingerprint density at radius 1 is 0.577 bits per heavy atom. The van der Waals surface area contributed by atoms with Gasteiger partial charge in [0.05, 0.1) is 0 Å². The zero-order valence-electron chi connectivity index (χ0n) is 31.7. The zero-order chi connectivity index (χ0) is 35.6. The number of benzene rings is 6. The fraction of sp³-hybridized carbons (Fsp3) is 0.224. The molecule has 52 heavy (non-hydrogen) atoms. The molecule has 0 saturated heterocycles. The van der Waals surface area contributed by atoms with Crippen LogP contribution in [0.1, 0.15) is 81.3 Å². The molecule has 8 rings (SSSR count). The van der Waals surface area contributed by atoms with E-state index in [0.717, 1.165) is 6.42 Å². The van der Waals surface area contributed by atoms with Crippen LogP contribution in [0.25, 0.3) is 43.1 Å². The second-order valence-electron chi connectivity index (χ2n) is 15.7. The van der Waals surface area contributed by atoms with Crippen LogP contribution in [0.5, 0.6) is 0 Å². The first-order chi connectivity index (χ1) is 23.8. The van der Waals surface area contributed by atoms with Crippen molar-refractivity contribution in [1.82, 2.24) is 0 Å². The molecule has 1 aliphatic rings. The van der Waals surface area contributed by atoms with E-state index in [-0.39, 0.29) is 35.6 Å². The zero-order valence-corrected chi connectivity index (χ0v) is 35.8. The van der Waals surface area contributed by atoms with Crippen LogP contribution in [0.4, 0.5) is 0 Å². The molecule has 264 valence electrons. The average Bonchev–Trinajstić information content (AvgIpc) is 3.78. The molecule has 1 aliphatic carbocycles. The molecule has 7 aromatic rings. The second-order valence-corrected chi connectivity index (χ2v) is 16.9. The predicted octanol–water partition coefficient (Wildman–Crippen LogP) is 14.2. The molecule has 0 nitrogen and oxygen atoms in total. The van der Waals surface area contributed by atoms with Crippen LogP contribution in [-0.4, -0.2) is 3.21 Å². The number of hydrogen-bond acceptors (Lipinski definition) is 0. The van der Waals surface area contributed by atoms with Gasteiger partial charge in [-0.1, -0.05) is 75.9 Å².